The summed E-state index contributed by atoms with van der Waals surface area (Å²) in [6.45, 7) is 4.05. The standard InChI is InChI=1S/C25H32N2O3/c28-19-23-25(22-9-5-2-6-10-22)27(15-16-30-23)24(29)17-20-11-13-26(14-12-20)18-21-7-3-1-4-8-21/h1-10,20,23,25,28H,11-19H2. The van der Waals surface area contributed by atoms with Crippen LogP contribution in [0.4, 0.5) is 0 Å². The lowest BCUT2D eigenvalue weighted by Crippen LogP contribution is -2.50. The number of rotatable bonds is 6. The first-order valence-corrected chi connectivity index (χ1v) is 11.1. The van der Waals surface area contributed by atoms with E-state index in [0.717, 1.165) is 38.0 Å². The van der Waals surface area contributed by atoms with Gasteiger partial charge in [-0.05, 0) is 43.0 Å². The van der Waals surface area contributed by atoms with Crippen LogP contribution in [0.5, 0.6) is 0 Å². The monoisotopic (exact) mass is 408 g/mol. The Hall–Kier alpha value is -2.21. The van der Waals surface area contributed by atoms with E-state index < -0.39 is 0 Å². The molecule has 0 spiro atoms. The highest BCUT2D eigenvalue weighted by Crippen LogP contribution is 2.32. The molecule has 0 aromatic heterocycles. The number of likely N-dealkylation sites (tertiary alicyclic amines) is 1. The molecule has 2 aromatic rings. The molecule has 1 N–H and O–H groups in total. The second-order valence-electron chi connectivity index (χ2n) is 8.44. The third-order valence-corrected chi connectivity index (χ3v) is 6.41. The van der Waals surface area contributed by atoms with Crippen LogP contribution >= 0.6 is 0 Å². The van der Waals surface area contributed by atoms with Crippen molar-refractivity contribution in [2.45, 2.75) is 38.0 Å². The lowest BCUT2D eigenvalue weighted by atomic mass is 9.91. The molecular weight excluding hydrogens is 376 g/mol. The SMILES string of the molecule is O=C(CC1CCN(Cc2ccccc2)CC1)N1CCOC(CO)C1c1ccccc1. The molecule has 2 aliphatic heterocycles. The molecule has 2 aromatic carbocycles. The highest BCUT2D eigenvalue weighted by molar-refractivity contribution is 5.77. The van der Waals surface area contributed by atoms with Gasteiger partial charge in [-0.1, -0.05) is 60.7 Å². The van der Waals surface area contributed by atoms with Crippen LogP contribution in [0.2, 0.25) is 0 Å². The third kappa shape index (κ3) is 5.09. The number of aliphatic hydroxyl groups excluding tert-OH is 1. The van der Waals surface area contributed by atoms with Gasteiger partial charge in [-0.2, -0.15) is 0 Å². The Morgan fingerprint density at radius 1 is 0.967 bits per heavy atom. The van der Waals surface area contributed by atoms with Crippen molar-refractivity contribution in [2.75, 3.05) is 32.8 Å². The largest absolute Gasteiger partial charge is 0.394 e. The Bertz CT molecular complexity index is 791. The summed E-state index contributed by atoms with van der Waals surface area (Å²) in [7, 11) is 0. The number of carbonyl (C=O) groups is 1. The molecule has 2 atom stereocenters. The van der Waals surface area contributed by atoms with Crippen molar-refractivity contribution < 1.29 is 14.6 Å². The number of aliphatic hydroxyl groups is 1. The summed E-state index contributed by atoms with van der Waals surface area (Å²) >= 11 is 0. The fraction of sp³-hybridized carbons (Fsp3) is 0.480. The molecule has 2 heterocycles. The van der Waals surface area contributed by atoms with Crippen molar-refractivity contribution in [2.24, 2.45) is 5.92 Å². The Morgan fingerprint density at radius 2 is 1.63 bits per heavy atom. The van der Waals surface area contributed by atoms with Gasteiger partial charge in [-0.15, -0.1) is 0 Å². The van der Waals surface area contributed by atoms with E-state index in [1.807, 2.05) is 35.2 Å². The topological polar surface area (TPSA) is 53.0 Å². The van der Waals surface area contributed by atoms with Gasteiger partial charge in [0.25, 0.3) is 0 Å². The predicted octanol–water partition coefficient (Wildman–Crippen LogP) is 3.25. The fourth-order valence-corrected chi connectivity index (χ4v) is 4.77. The summed E-state index contributed by atoms with van der Waals surface area (Å²) in [4.78, 5) is 17.7. The lowest BCUT2D eigenvalue weighted by Gasteiger charge is -2.42. The van der Waals surface area contributed by atoms with Gasteiger partial charge in [-0.3, -0.25) is 9.69 Å². The molecule has 0 aliphatic carbocycles. The molecule has 2 unspecified atom stereocenters. The average Bonchev–Trinajstić information content (AvgIpc) is 2.81. The molecule has 5 nitrogen and oxygen atoms in total. The van der Waals surface area contributed by atoms with Crippen LogP contribution in [0, 0.1) is 5.92 Å². The predicted molar refractivity (Wildman–Crippen MR) is 117 cm³/mol. The van der Waals surface area contributed by atoms with Crippen LogP contribution in [-0.4, -0.2) is 59.8 Å². The summed E-state index contributed by atoms with van der Waals surface area (Å²) in [5, 5.41) is 9.83. The minimum Gasteiger partial charge on any atom is -0.394 e. The molecule has 1 amide bonds. The zero-order chi connectivity index (χ0) is 20.8. The third-order valence-electron chi connectivity index (χ3n) is 6.41. The summed E-state index contributed by atoms with van der Waals surface area (Å²) in [5.41, 5.74) is 2.38. The zero-order valence-corrected chi connectivity index (χ0v) is 17.5. The summed E-state index contributed by atoms with van der Waals surface area (Å²) in [6, 6.07) is 20.3. The molecule has 2 aliphatic rings. The number of hydrogen-bond acceptors (Lipinski definition) is 4. The van der Waals surface area contributed by atoms with Crippen molar-refractivity contribution in [1.82, 2.24) is 9.80 Å². The van der Waals surface area contributed by atoms with Gasteiger partial charge in [0.05, 0.1) is 19.3 Å². The number of amides is 1. The normalized spacial score (nSPS) is 23.4. The first kappa shape index (κ1) is 21.0. The molecule has 2 saturated heterocycles. The maximum Gasteiger partial charge on any atom is 0.223 e. The van der Waals surface area contributed by atoms with Gasteiger partial charge in [0.15, 0.2) is 0 Å². The molecule has 2 fully saturated rings. The fourth-order valence-electron chi connectivity index (χ4n) is 4.77. The van der Waals surface area contributed by atoms with Crippen LogP contribution in [0.3, 0.4) is 0 Å². The maximum absolute atomic E-state index is 13.3. The van der Waals surface area contributed by atoms with E-state index in [1.165, 1.54) is 5.56 Å². The molecular formula is C25H32N2O3. The van der Waals surface area contributed by atoms with E-state index in [9.17, 15) is 9.90 Å². The van der Waals surface area contributed by atoms with E-state index in [0.29, 0.717) is 25.5 Å². The smallest absolute Gasteiger partial charge is 0.223 e. The Labute approximate surface area is 179 Å². The molecule has 0 radical (unpaired) electrons. The van der Waals surface area contributed by atoms with Crippen LogP contribution in [0.25, 0.3) is 0 Å². The first-order valence-electron chi connectivity index (χ1n) is 11.1. The van der Waals surface area contributed by atoms with Crippen molar-refractivity contribution in [3.8, 4) is 0 Å². The minimum absolute atomic E-state index is 0.0821. The Morgan fingerprint density at radius 3 is 2.30 bits per heavy atom. The van der Waals surface area contributed by atoms with Crippen molar-refractivity contribution in [1.29, 1.82) is 0 Å². The van der Waals surface area contributed by atoms with E-state index in [-0.39, 0.29) is 24.7 Å². The average molecular weight is 409 g/mol. The molecule has 5 heteroatoms. The number of piperidine rings is 1. The summed E-state index contributed by atoms with van der Waals surface area (Å²) in [6.07, 6.45) is 2.34. The van der Waals surface area contributed by atoms with Crippen molar-refractivity contribution in [3.05, 3.63) is 71.8 Å². The molecule has 0 saturated carbocycles. The van der Waals surface area contributed by atoms with Gasteiger partial charge in [0.2, 0.25) is 5.91 Å². The first-order chi connectivity index (χ1) is 14.7. The molecule has 30 heavy (non-hydrogen) atoms. The number of carbonyl (C=O) groups excluding carboxylic acids is 1. The van der Waals surface area contributed by atoms with Crippen LogP contribution in [0.15, 0.2) is 60.7 Å². The van der Waals surface area contributed by atoms with Gasteiger partial charge >= 0.3 is 0 Å². The number of nitrogens with zero attached hydrogens (tertiary/aromatic N) is 2. The second-order valence-corrected chi connectivity index (χ2v) is 8.44. The van der Waals surface area contributed by atoms with E-state index in [4.69, 9.17) is 4.74 Å². The Balaban J connectivity index is 1.35. The zero-order valence-electron chi connectivity index (χ0n) is 17.5. The summed E-state index contributed by atoms with van der Waals surface area (Å²) in [5.74, 6) is 0.614. The molecule has 0 bridgehead atoms. The highest BCUT2D eigenvalue weighted by atomic mass is 16.5. The lowest BCUT2D eigenvalue weighted by molar-refractivity contribution is -0.151. The van der Waals surface area contributed by atoms with Gasteiger partial charge in [-0.25, -0.2) is 0 Å². The quantitative estimate of drug-likeness (QED) is 0.797. The maximum atomic E-state index is 13.3. The van der Waals surface area contributed by atoms with Gasteiger partial charge in [0.1, 0.15) is 6.10 Å². The van der Waals surface area contributed by atoms with Crippen molar-refractivity contribution in [3.63, 3.8) is 0 Å². The second kappa shape index (κ2) is 10.2. The summed E-state index contributed by atoms with van der Waals surface area (Å²) < 4.78 is 5.78. The number of ether oxygens (including phenoxy) is 1. The van der Waals surface area contributed by atoms with Gasteiger partial charge in [0, 0.05) is 19.5 Å². The molecule has 160 valence electrons. The van der Waals surface area contributed by atoms with E-state index >= 15 is 0 Å². The van der Waals surface area contributed by atoms with E-state index in [1.54, 1.807) is 0 Å². The van der Waals surface area contributed by atoms with Gasteiger partial charge < -0.3 is 14.7 Å². The van der Waals surface area contributed by atoms with Crippen LogP contribution in [-0.2, 0) is 16.1 Å². The number of hydrogen-bond donors (Lipinski definition) is 1. The molecule has 4 rings (SSSR count). The minimum atomic E-state index is -0.363. The van der Waals surface area contributed by atoms with Crippen molar-refractivity contribution >= 4 is 5.91 Å². The van der Waals surface area contributed by atoms with E-state index in [2.05, 4.69) is 35.2 Å². The van der Waals surface area contributed by atoms with Crippen LogP contribution in [0.1, 0.15) is 36.4 Å². The Kier molecular flexibility index (Phi) is 7.16. The number of morpholine rings is 1. The highest BCUT2D eigenvalue weighted by Gasteiger charge is 2.36. The number of benzene rings is 2. The van der Waals surface area contributed by atoms with Crippen LogP contribution < -0.4 is 0 Å².